The summed E-state index contributed by atoms with van der Waals surface area (Å²) in [7, 11) is 0. The lowest BCUT2D eigenvalue weighted by Crippen LogP contribution is -2.40. The monoisotopic (exact) mass is 434 g/mol. The molecule has 3 unspecified atom stereocenters. The molecule has 0 spiro atoms. The van der Waals surface area contributed by atoms with Crippen molar-refractivity contribution < 1.29 is 27.0 Å². The molecule has 2 aliphatic rings. The van der Waals surface area contributed by atoms with E-state index < -0.39 is 23.3 Å². The second-order valence-electron chi connectivity index (χ2n) is 8.38. The zero-order chi connectivity index (χ0) is 22.0. The van der Waals surface area contributed by atoms with Crippen LogP contribution in [0.1, 0.15) is 44.6 Å². The van der Waals surface area contributed by atoms with E-state index in [1.54, 1.807) is 6.07 Å². The Morgan fingerprint density at radius 1 is 0.968 bits per heavy atom. The summed E-state index contributed by atoms with van der Waals surface area (Å²) in [6, 6.07) is 6.23. The highest BCUT2D eigenvalue weighted by Crippen LogP contribution is 2.38. The number of allylic oxidation sites excluding steroid dienone is 2. The first-order valence-electron chi connectivity index (χ1n) is 10.8. The molecule has 6 heteroatoms. The first-order chi connectivity index (χ1) is 15.0. The van der Waals surface area contributed by atoms with Crippen LogP contribution in [0.4, 0.5) is 17.6 Å². The maximum atomic E-state index is 14.8. The predicted octanol–water partition coefficient (Wildman–Crippen LogP) is 6.88. The molecule has 1 aliphatic carbocycles. The first kappa shape index (κ1) is 22.0. The van der Waals surface area contributed by atoms with E-state index in [1.807, 2.05) is 0 Å². The Morgan fingerprint density at radius 3 is 2.35 bits per heavy atom. The number of ether oxygens (including phenoxy) is 2. The number of benzene rings is 2. The van der Waals surface area contributed by atoms with E-state index >= 15 is 0 Å². The minimum Gasteiger partial charge on any atom is -0.355 e. The third-order valence-electron chi connectivity index (χ3n) is 6.35. The van der Waals surface area contributed by atoms with Gasteiger partial charge in [0, 0.05) is 11.5 Å². The maximum absolute atomic E-state index is 14.8. The van der Waals surface area contributed by atoms with Crippen molar-refractivity contribution in [2.45, 2.75) is 45.1 Å². The summed E-state index contributed by atoms with van der Waals surface area (Å²) in [6.07, 6.45) is 7.12. The molecule has 0 aromatic heterocycles. The molecule has 1 saturated heterocycles. The van der Waals surface area contributed by atoms with Crippen LogP contribution in [0.5, 0.6) is 0 Å². The third kappa shape index (κ3) is 4.70. The van der Waals surface area contributed by atoms with Gasteiger partial charge in [0.05, 0.1) is 12.7 Å². The molecule has 0 N–H and O–H groups in total. The van der Waals surface area contributed by atoms with E-state index in [-0.39, 0.29) is 17.2 Å². The van der Waals surface area contributed by atoms with E-state index in [4.69, 9.17) is 9.47 Å². The zero-order valence-corrected chi connectivity index (χ0v) is 17.5. The smallest absolute Gasteiger partial charge is 0.194 e. The molecule has 1 aliphatic heterocycles. The molecule has 1 fully saturated rings. The van der Waals surface area contributed by atoms with Crippen LogP contribution < -0.4 is 0 Å². The SMILES string of the molecule is CCCC1COCOC1C1CC=C(c2ccc(-c3cc(F)c(F)c(F)c3)c(F)c2)CC1. The van der Waals surface area contributed by atoms with Crippen molar-refractivity contribution in [2.75, 3.05) is 13.4 Å². The van der Waals surface area contributed by atoms with Gasteiger partial charge in [0.2, 0.25) is 0 Å². The zero-order valence-electron chi connectivity index (χ0n) is 17.5. The molecule has 2 aromatic carbocycles. The van der Waals surface area contributed by atoms with Crippen molar-refractivity contribution in [3.63, 3.8) is 0 Å². The summed E-state index contributed by atoms with van der Waals surface area (Å²) < 4.78 is 66.4. The molecule has 0 radical (unpaired) electrons. The van der Waals surface area contributed by atoms with Crippen molar-refractivity contribution >= 4 is 5.57 Å². The second kappa shape index (κ2) is 9.53. The van der Waals surface area contributed by atoms with Crippen LogP contribution in [-0.2, 0) is 9.47 Å². The fourth-order valence-electron chi connectivity index (χ4n) is 4.77. The molecule has 0 amide bonds. The number of hydrogen-bond donors (Lipinski definition) is 0. The van der Waals surface area contributed by atoms with Crippen molar-refractivity contribution in [2.24, 2.45) is 11.8 Å². The fraction of sp³-hybridized carbons (Fsp3) is 0.440. The minimum atomic E-state index is -1.56. The Bertz CT molecular complexity index is 947. The Balaban J connectivity index is 1.50. The lowest BCUT2D eigenvalue weighted by molar-refractivity contribution is -0.188. The largest absolute Gasteiger partial charge is 0.355 e. The molecule has 31 heavy (non-hydrogen) atoms. The molecule has 1 heterocycles. The summed E-state index contributed by atoms with van der Waals surface area (Å²) >= 11 is 0. The van der Waals surface area contributed by atoms with Crippen LogP contribution in [0, 0.1) is 35.1 Å². The fourth-order valence-corrected chi connectivity index (χ4v) is 4.77. The summed E-state index contributed by atoms with van der Waals surface area (Å²) in [6.45, 7) is 3.25. The number of halogens is 4. The normalized spacial score (nSPS) is 24.2. The Kier molecular flexibility index (Phi) is 6.77. The summed E-state index contributed by atoms with van der Waals surface area (Å²) in [5.41, 5.74) is 1.81. The molecule has 2 aromatic rings. The van der Waals surface area contributed by atoms with Gasteiger partial charge in [-0.15, -0.1) is 0 Å². The van der Waals surface area contributed by atoms with Crippen LogP contribution in [0.2, 0.25) is 0 Å². The molecular weight excluding hydrogens is 408 g/mol. The molecule has 166 valence electrons. The molecule has 2 nitrogen and oxygen atoms in total. The van der Waals surface area contributed by atoms with Crippen LogP contribution >= 0.6 is 0 Å². The van der Waals surface area contributed by atoms with Crippen molar-refractivity contribution in [3.8, 4) is 11.1 Å². The summed E-state index contributed by atoms with van der Waals surface area (Å²) in [5.74, 6) is -4.00. The first-order valence-corrected chi connectivity index (χ1v) is 10.8. The second-order valence-corrected chi connectivity index (χ2v) is 8.38. The van der Waals surface area contributed by atoms with Gasteiger partial charge in [-0.05, 0) is 66.5 Å². The van der Waals surface area contributed by atoms with Gasteiger partial charge < -0.3 is 9.47 Å². The number of hydrogen-bond acceptors (Lipinski definition) is 2. The van der Waals surface area contributed by atoms with Crippen LogP contribution in [0.3, 0.4) is 0 Å². The van der Waals surface area contributed by atoms with Crippen LogP contribution in [0.25, 0.3) is 16.7 Å². The van der Waals surface area contributed by atoms with E-state index in [1.165, 1.54) is 12.1 Å². The summed E-state index contributed by atoms with van der Waals surface area (Å²) in [4.78, 5) is 0. The topological polar surface area (TPSA) is 18.5 Å². The standard InChI is InChI=1S/C25H26F4O2/c1-2-3-18-13-30-14-31-25(18)16-6-4-15(5-7-16)17-8-9-20(21(26)10-17)19-11-22(27)24(29)23(28)12-19/h4,8-12,16,18,25H,2-3,5-7,13-14H2,1H3. The Morgan fingerprint density at radius 2 is 1.71 bits per heavy atom. The lowest BCUT2D eigenvalue weighted by Gasteiger charge is -2.38. The molecule has 0 bridgehead atoms. The van der Waals surface area contributed by atoms with Crippen LogP contribution in [-0.4, -0.2) is 19.5 Å². The molecule has 3 atom stereocenters. The van der Waals surface area contributed by atoms with Gasteiger partial charge >= 0.3 is 0 Å². The average molecular weight is 434 g/mol. The highest BCUT2D eigenvalue weighted by atomic mass is 19.2. The quantitative estimate of drug-likeness (QED) is 0.377. The highest BCUT2D eigenvalue weighted by molar-refractivity contribution is 5.71. The van der Waals surface area contributed by atoms with Crippen LogP contribution in [0.15, 0.2) is 36.4 Å². The lowest BCUT2D eigenvalue weighted by atomic mass is 9.78. The van der Waals surface area contributed by atoms with Gasteiger partial charge in [0.15, 0.2) is 17.5 Å². The Hall–Kier alpha value is -2.18. The average Bonchev–Trinajstić information content (AvgIpc) is 2.78. The maximum Gasteiger partial charge on any atom is 0.194 e. The van der Waals surface area contributed by atoms with E-state index in [0.717, 1.165) is 62.0 Å². The predicted molar refractivity (Wildman–Crippen MR) is 111 cm³/mol. The molecular formula is C25H26F4O2. The van der Waals surface area contributed by atoms with Crippen molar-refractivity contribution in [3.05, 3.63) is 65.2 Å². The Labute approximate surface area is 179 Å². The van der Waals surface area contributed by atoms with Gasteiger partial charge in [0.25, 0.3) is 0 Å². The van der Waals surface area contributed by atoms with Gasteiger partial charge in [-0.3, -0.25) is 0 Å². The van der Waals surface area contributed by atoms with E-state index in [9.17, 15) is 17.6 Å². The van der Waals surface area contributed by atoms with Crippen molar-refractivity contribution in [1.29, 1.82) is 0 Å². The molecule has 0 saturated carbocycles. The van der Waals surface area contributed by atoms with E-state index in [0.29, 0.717) is 18.6 Å². The van der Waals surface area contributed by atoms with Gasteiger partial charge in [-0.1, -0.05) is 31.6 Å². The third-order valence-corrected chi connectivity index (χ3v) is 6.35. The minimum absolute atomic E-state index is 0.0308. The summed E-state index contributed by atoms with van der Waals surface area (Å²) in [5, 5.41) is 0. The highest BCUT2D eigenvalue weighted by Gasteiger charge is 2.33. The number of rotatable bonds is 5. The van der Waals surface area contributed by atoms with Gasteiger partial charge in [0.1, 0.15) is 12.6 Å². The van der Waals surface area contributed by atoms with Gasteiger partial charge in [-0.25, -0.2) is 17.6 Å². The molecule has 4 rings (SSSR count). The van der Waals surface area contributed by atoms with Crippen molar-refractivity contribution in [1.82, 2.24) is 0 Å². The van der Waals surface area contributed by atoms with E-state index in [2.05, 4.69) is 13.0 Å². The van der Waals surface area contributed by atoms with Gasteiger partial charge in [-0.2, -0.15) is 0 Å².